The fourth-order valence-electron chi connectivity index (χ4n) is 2.04. The van der Waals surface area contributed by atoms with Crippen molar-refractivity contribution < 1.29 is 13.2 Å². The molecule has 0 bridgehead atoms. The third kappa shape index (κ3) is 2.55. The lowest BCUT2D eigenvalue weighted by atomic mass is 9.96. The van der Waals surface area contributed by atoms with Gasteiger partial charge in [-0.1, -0.05) is 23.2 Å². The van der Waals surface area contributed by atoms with E-state index in [1.807, 2.05) is 0 Å². The predicted molar refractivity (Wildman–Crippen MR) is 74.9 cm³/mol. The smallest absolute Gasteiger partial charge is 0.244 e. The molecule has 1 aliphatic rings. The van der Waals surface area contributed by atoms with E-state index < -0.39 is 17.4 Å². The van der Waals surface area contributed by atoms with Crippen molar-refractivity contribution in [2.45, 2.75) is 11.8 Å². The van der Waals surface area contributed by atoms with E-state index in [1.54, 1.807) is 0 Å². The van der Waals surface area contributed by atoms with Gasteiger partial charge in [-0.2, -0.15) is 13.2 Å². The highest BCUT2D eigenvalue weighted by molar-refractivity contribution is 6.36. The summed E-state index contributed by atoms with van der Waals surface area (Å²) in [6.07, 6.45) is -2.82. The molecule has 23 heavy (non-hydrogen) atoms. The quantitative estimate of drug-likeness (QED) is 0.755. The number of rotatable bonds is 2. The van der Waals surface area contributed by atoms with Gasteiger partial charge in [0.15, 0.2) is 0 Å². The van der Waals surface area contributed by atoms with E-state index in [-0.39, 0.29) is 16.3 Å². The van der Waals surface area contributed by atoms with Gasteiger partial charge in [-0.05, 0) is 28.6 Å². The Morgan fingerprint density at radius 1 is 1.04 bits per heavy atom. The third-order valence-electron chi connectivity index (χ3n) is 3.09. The average Bonchev–Trinajstić information content (AvgIpc) is 2.98. The zero-order valence-corrected chi connectivity index (χ0v) is 12.5. The Labute approximate surface area is 137 Å². The summed E-state index contributed by atoms with van der Waals surface area (Å²) in [6, 6.07) is 4.32. The van der Waals surface area contributed by atoms with E-state index >= 15 is 0 Å². The van der Waals surface area contributed by atoms with Crippen LogP contribution >= 0.6 is 23.2 Å². The van der Waals surface area contributed by atoms with Crippen LogP contribution < -0.4 is 0 Å². The van der Waals surface area contributed by atoms with E-state index in [0.717, 1.165) is 12.5 Å². The molecule has 0 saturated carbocycles. The summed E-state index contributed by atoms with van der Waals surface area (Å²) in [6.45, 7) is 0. The highest BCUT2D eigenvalue weighted by Crippen LogP contribution is 2.49. The molecule has 0 radical (unpaired) electrons. The Morgan fingerprint density at radius 3 is 2.35 bits per heavy atom. The molecule has 0 N–H and O–H groups in total. The standard InChI is InChI=1S/C12H5Cl2F3N6/c13-6-1-2-7(9(14)3-6)10-8(4-18-5-19-10)11(12(15,16)17)20-22-23-21-11/h1-5H. The monoisotopic (exact) mass is 360 g/mol. The predicted octanol–water partition coefficient (Wildman–Crippen LogP) is 5.00. The van der Waals surface area contributed by atoms with Crippen molar-refractivity contribution in [3.8, 4) is 11.3 Å². The number of nitrogens with zero attached hydrogens (tertiary/aromatic N) is 6. The van der Waals surface area contributed by atoms with Gasteiger partial charge in [0.1, 0.15) is 6.33 Å². The van der Waals surface area contributed by atoms with Gasteiger partial charge in [0.2, 0.25) is 0 Å². The van der Waals surface area contributed by atoms with E-state index in [4.69, 9.17) is 23.2 Å². The molecule has 118 valence electrons. The first-order valence-corrected chi connectivity index (χ1v) is 6.77. The lowest BCUT2D eigenvalue weighted by Gasteiger charge is -2.24. The van der Waals surface area contributed by atoms with Crippen LogP contribution in [0.3, 0.4) is 0 Å². The van der Waals surface area contributed by atoms with Gasteiger partial charge >= 0.3 is 11.8 Å². The van der Waals surface area contributed by atoms with Crippen LogP contribution in [0.5, 0.6) is 0 Å². The van der Waals surface area contributed by atoms with Gasteiger partial charge in [-0.15, -0.1) is 10.2 Å². The summed E-state index contributed by atoms with van der Waals surface area (Å²) in [5, 5.41) is 12.8. The topological polar surface area (TPSA) is 75.2 Å². The second-order valence-electron chi connectivity index (χ2n) is 4.46. The Balaban J connectivity index is 2.27. The molecule has 1 aromatic heterocycles. The summed E-state index contributed by atoms with van der Waals surface area (Å²) in [5.41, 5.74) is -3.28. The maximum Gasteiger partial charge on any atom is 0.442 e. The Hall–Kier alpha value is -2.13. The molecule has 0 amide bonds. The van der Waals surface area contributed by atoms with Gasteiger partial charge in [0, 0.05) is 16.8 Å². The highest BCUT2D eigenvalue weighted by atomic mass is 35.5. The van der Waals surface area contributed by atoms with Gasteiger partial charge in [-0.3, -0.25) is 0 Å². The van der Waals surface area contributed by atoms with Gasteiger partial charge in [0.05, 0.1) is 16.3 Å². The zero-order chi connectivity index (χ0) is 16.7. The summed E-state index contributed by atoms with van der Waals surface area (Å²) in [4.78, 5) is 7.54. The molecular formula is C12H5Cl2F3N6. The molecule has 0 fully saturated rings. The van der Waals surface area contributed by atoms with Crippen LogP contribution in [0.1, 0.15) is 5.56 Å². The first-order chi connectivity index (χ1) is 10.8. The molecule has 1 aliphatic heterocycles. The summed E-state index contributed by atoms with van der Waals surface area (Å²) in [5.74, 6) is 0. The second-order valence-corrected chi connectivity index (χ2v) is 5.30. The lowest BCUT2D eigenvalue weighted by Crippen LogP contribution is -2.38. The van der Waals surface area contributed by atoms with E-state index in [2.05, 4.69) is 30.6 Å². The van der Waals surface area contributed by atoms with Gasteiger partial charge in [0.25, 0.3) is 0 Å². The van der Waals surface area contributed by atoms with Crippen molar-refractivity contribution in [3.63, 3.8) is 0 Å². The van der Waals surface area contributed by atoms with Crippen LogP contribution in [0.4, 0.5) is 13.2 Å². The van der Waals surface area contributed by atoms with Crippen molar-refractivity contribution in [3.05, 3.63) is 46.3 Å². The number of hydrogen-bond donors (Lipinski definition) is 0. The molecule has 0 spiro atoms. The third-order valence-corrected chi connectivity index (χ3v) is 3.64. The molecule has 1 aromatic carbocycles. The zero-order valence-electron chi connectivity index (χ0n) is 11.0. The molecule has 2 heterocycles. The van der Waals surface area contributed by atoms with Crippen LogP contribution in [-0.4, -0.2) is 16.1 Å². The minimum absolute atomic E-state index is 0.0845. The SMILES string of the molecule is FC(F)(F)C1(c2cncnc2-c2ccc(Cl)cc2Cl)N=NN=N1. The number of halogens is 5. The maximum atomic E-state index is 13.5. The van der Waals surface area contributed by atoms with Crippen LogP contribution in [-0.2, 0) is 5.66 Å². The Bertz CT molecular complexity index is 809. The van der Waals surface area contributed by atoms with Crippen molar-refractivity contribution in [2.75, 3.05) is 0 Å². The molecule has 0 aliphatic carbocycles. The molecule has 3 rings (SSSR count). The molecule has 6 nitrogen and oxygen atoms in total. The van der Waals surface area contributed by atoms with Crippen molar-refractivity contribution >= 4 is 23.2 Å². The highest BCUT2D eigenvalue weighted by Gasteiger charge is 2.61. The molecule has 2 aromatic rings. The summed E-state index contributed by atoms with van der Waals surface area (Å²) < 4.78 is 40.6. The first-order valence-electron chi connectivity index (χ1n) is 6.02. The normalized spacial score (nSPS) is 16.0. The van der Waals surface area contributed by atoms with Crippen molar-refractivity contribution in [2.24, 2.45) is 20.7 Å². The van der Waals surface area contributed by atoms with E-state index in [1.165, 1.54) is 18.2 Å². The molecular weight excluding hydrogens is 356 g/mol. The summed E-state index contributed by atoms with van der Waals surface area (Å²) >= 11 is 11.9. The van der Waals surface area contributed by atoms with Crippen molar-refractivity contribution in [1.29, 1.82) is 0 Å². The summed E-state index contributed by atoms with van der Waals surface area (Å²) in [7, 11) is 0. The van der Waals surface area contributed by atoms with Gasteiger partial charge < -0.3 is 0 Å². The molecule has 0 unspecified atom stereocenters. The van der Waals surface area contributed by atoms with Crippen molar-refractivity contribution in [1.82, 2.24) is 9.97 Å². The van der Waals surface area contributed by atoms with Crippen LogP contribution in [0.2, 0.25) is 10.0 Å². The minimum atomic E-state index is -4.88. The number of alkyl halides is 3. The molecule has 0 atom stereocenters. The largest absolute Gasteiger partial charge is 0.442 e. The van der Waals surface area contributed by atoms with E-state index in [9.17, 15) is 13.2 Å². The fraction of sp³-hybridized carbons (Fsp3) is 0.167. The van der Waals surface area contributed by atoms with Crippen LogP contribution in [0.15, 0.2) is 51.4 Å². The number of hydrogen-bond acceptors (Lipinski definition) is 6. The minimum Gasteiger partial charge on any atom is -0.244 e. The van der Waals surface area contributed by atoms with Gasteiger partial charge in [-0.25, -0.2) is 9.97 Å². The average molecular weight is 361 g/mol. The fourth-order valence-corrected chi connectivity index (χ4v) is 2.54. The number of aromatic nitrogens is 2. The van der Waals surface area contributed by atoms with Crippen LogP contribution in [0, 0.1) is 0 Å². The second kappa shape index (κ2) is 5.50. The Kier molecular flexibility index (Phi) is 3.77. The van der Waals surface area contributed by atoms with E-state index in [0.29, 0.717) is 5.02 Å². The lowest BCUT2D eigenvalue weighted by molar-refractivity contribution is -0.187. The first kappa shape index (κ1) is 15.8. The molecule has 11 heteroatoms. The number of benzene rings is 1. The maximum absolute atomic E-state index is 13.5. The molecule has 0 saturated heterocycles. The Morgan fingerprint density at radius 2 is 1.74 bits per heavy atom. The van der Waals surface area contributed by atoms with Crippen LogP contribution in [0.25, 0.3) is 11.3 Å².